The number of nitrogens with one attached hydrogen (secondary N) is 1. The van der Waals surface area contributed by atoms with Gasteiger partial charge < -0.3 is 19.7 Å². The maximum Gasteiger partial charge on any atom is 0.271 e. The van der Waals surface area contributed by atoms with Gasteiger partial charge in [-0.2, -0.15) is 0 Å². The molecule has 0 aliphatic heterocycles. The van der Waals surface area contributed by atoms with E-state index in [1.807, 2.05) is 37.3 Å². The van der Waals surface area contributed by atoms with Crippen molar-refractivity contribution < 1.29 is 32.4 Å². The van der Waals surface area contributed by atoms with E-state index in [0.29, 0.717) is 24.3 Å². The Hall–Kier alpha value is -4.65. The molecule has 1 unspecified atom stereocenters. The highest BCUT2D eigenvalue weighted by atomic mass is 32.2. The first-order chi connectivity index (χ1) is 20.5. The van der Waals surface area contributed by atoms with E-state index in [9.17, 15) is 28.1 Å². The Morgan fingerprint density at radius 3 is 2.28 bits per heavy atom. The standard InChI is InChI=1S/C30H36N4O8S/c1-5-16-31-30(36)27(18-22-10-7-6-8-11-22)32(20-23-12-9-13-25(17-23)41-2)29(35)21-33(43(4,39)40)26-19-24(34(37)38)14-15-28(26)42-3/h6-15,17,19,27H,5,16,18,20-21H2,1-4H3,(H,31,36). The summed E-state index contributed by atoms with van der Waals surface area (Å²) >= 11 is 0. The van der Waals surface area contributed by atoms with Gasteiger partial charge in [-0.15, -0.1) is 0 Å². The highest BCUT2D eigenvalue weighted by molar-refractivity contribution is 7.92. The van der Waals surface area contributed by atoms with Crippen molar-refractivity contribution in [3.05, 3.63) is 94.0 Å². The molecule has 3 aromatic carbocycles. The van der Waals surface area contributed by atoms with Gasteiger partial charge in [0.1, 0.15) is 29.8 Å². The zero-order valence-corrected chi connectivity index (χ0v) is 25.4. The SMILES string of the molecule is CCCNC(=O)C(Cc1ccccc1)N(Cc1cccc(OC)c1)C(=O)CN(c1cc([N+](=O)[O-])ccc1OC)S(C)(=O)=O. The second kappa shape index (κ2) is 15.0. The second-order valence-corrected chi connectivity index (χ2v) is 11.7. The summed E-state index contributed by atoms with van der Waals surface area (Å²) in [4.78, 5) is 39.9. The lowest BCUT2D eigenvalue weighted by Gasteiger charge is -2.33. The number of ether oxygens (including phenoxy) is 2. The molecule has 0 bridgehead atoms. The van der Waals surface area contributed by atoms with Gasteiger partial charge >= 0.3 is 0 Å². The Labute approximate surface area is 251 Å². The van der Waals surface area contributed by atoms with Crippen LogP contribution in [-0.2, 0) is 32.6 Å². The smallest absolute Gasteiger partial charge is 0.271 e. The van der Waals surface area contributed by atoms with Crippen LogP contribution in [0.1, 0.15) is 24.5 Å². The number of amides is 2. The lowest BCUT2D eigenvalue weighted by molar-refractivity contribution is -0.384. The highest BCUT2D eigenvalue weighted by Crippen LogP contribution is 2.34. The summed E-state index contributed by atoms with van der Waals surface area (Å²) in [6.45, 7) is 1.50. The van der Waals surface area contributed by atoms with Crippen molar-refractivity contribution in [3.63, 3.8) is 0 Å². The molecule has 1 N–H and O–H groups in total. The van der Waals surface area contributed by atoms with Crippen LogP contribution in [0.15, 0.2) is 72.8 Å². The lowest BCUT2D eigenvalue weighted by Crippen LogP contribution is -2.53. The molecule has 0 fully saturated rings. The van der Waals surface area contributed by atoms with Crippen LogP contribution in [0.3, 0.4) is 0 Å². The summed E-state index contributed by atoms with van der Waals surface area (Å²) in [5, 5.41) is 14.4. The van der Waals surface area contributed by atoms with Gasteiger partial charge in [-0.3, -0.25) is 24.0 Å². The van der Waals surface area contributed by atoms with Gasteiger partial charge in [0.25, 0.3) is 5.69 Å². The molecule has 12 nitrogen and oxygen atoms in total. The molecule has 230 valence electrons. The van der Waals surface area contributed by atoms with Crippen LogP contribution in [0.25, 0.3) is 0 Å². The summed E-state index contributed by atoms with van der Waals surface area (Å²) in [5.74, 6) is -0.543. The predicted molar refractivity (Wildman–Crippen MR) is 163 cm³/mol. The molecule has 0 aliphatic carbocycles. The van der Waals surface area contributed by atoms with Gasteiger partial charge in [-0.05, 0) is 35.7 Å². The van der Waals surface area contributed by atoms with Crippen molar-refractivity contribution in [2.45, 2.75) is 32.4 Å². The fourth-order valence-electron chi connectivity index (χ4n) is 4.47. The zero-order valence-electron chi connectivity index (χ0n) is 24.6. The maximum absolute atomic E-state index is 14.2. The molecule has 0 spiro atoms. The topological polar surface area (TPSA) is 148 Å². The third kappa shape index (κ3) is 8.92. The number of hydrogen-bond acceptors (Lipinski definition) is 8. The summed E-state index contributed by atoms with van der Waals surface area (Å²) < 4.78 is 37.5. The lowest BCUT2D eigenvalue weighted by atomic mass is 10.0. The van der Waals surface area contributed by atoms with E-state index in [1.165, 1.54) is 31.3 Å². The molecular formula is C30H36N4O8S. The van der Waals surface area contributed by atoms with Crippen molar-refractivity contribution in [1.29, 1.82) is 0 Å². The third-order valence-corrected chi connectivity index (χ3v) is 7.75. The van der Waals surface area contributed by atoms with Crippen molar-refractivity contribution in [2.24, 2.45) is 0 Å². The number of nitro benzene ring substituents is 1. The number of hydrogen-bond donors (Lipinski definition) is 1. The molecule has 0 saturated heterocycles. The summed E-state index contributed by atoms with van der Waals surface area (Å²) in [7, 11) is -1.36. The van der Waals surface area contributed by atoms with Crippen LogP contribution in [0.2, 0.25) is 0 Å². The Bertz CT molecular complexity index is 1530. The van der Waals surface area contributed by atoms with Crippen molar-refractivity contribution in [2.75, 3.05) is 37.9 Å². The van der Waals surface area contributed by atoms with Crippen LogP contribution in [0.5, 0.6) is 11.5 Å². The van der Waals surface area contributed by atoms with E-state index in [4.69, 9.17) is 9.47 Å². The summed E-state index contributed by atoms with van der Waals surface area (Å²) in [6.07, 6.45) is 1.72. The first-order valence-corrected chi connectivity index (χ1v) is 15.4. The van der Waals surface area contributed by atoms with Gasteiger partial charge in [0, 0.05) is 31.6 Å². The normalized spacial score (nSPS) is 11.7. The van der Waals surface area contributed by atoms with Gasteiger partial charge in [0.05, 0.1) is 25.4 Å². The molecule has 0 saturated carbocycles. The molecule has 13 heteroatoms. The van der Waals surface area contributed by atoms with Crippen molar-refractivity contribution in [3.8, 4) is 11.5 Å². The number of sulfonamides is 1. The van der Waals surface area contributed by atoms with Crippen LogP contribution in [0.4, 0.5) is 11.4 Å². The van der Waals surface area contributed by atoms with E-state index < -0.39 is 39.3 Å². The van der Waals surface area contributed by atoms with Crippen LogP contribution in [0, 0.1) is 10.1 Å². The summed E-state index contributed by atoms with van der Waals surface area (Å²) in [5.41, 5.74) is 0.880. The van der Waals surface area contributed by atoms with Gasteiger partial charge in [0.15, 0.2) is 0 Å². The number of carbonyl (C=O) groups excluding carboxylic acids is 2. The van der Waals surface area contributed by atoms with E-state index in [2.05, 4.69) is 5.32 Å². The maximum atomic E-state index is 14.2. The fraction of sp³-hybridized carbons (Fsp3) is 0.333. The fourth-order valence-corrected chi connectivity index (χ4v) is 5.31. The van der Waals surface area contributed by atoms with Crippen LogP contribution < -0.4 is 19.1 Å². The monoisotopic (exact) mass is 612 g/mol. The number of benzene rings is 3. The first-order valence-electron chi connectivity index (χ1n) is 13.5. The average molecular weight is 613 g/mol. The minimum atomic E-state index is -4.16. The van der Waals surface area contributed by atoms with E-state index in [-0.39, 0.29) is 30.1 Å². The number of anilines is 1. The Balaban J connectivity index is 2.13. The van der Waals surface area contributed by atoms with Gasteiger partial charge in [-0.1, -0.05) is 49.4 Å². The number of non-ortho nitro benzene ring substituents is 1. The zero-order chi connectivity index (χ0) is 31.6. The van der Waals surface area contributed by atoms with E-state index in [1.54, 1.807) is 24.3 Å². The number of nitro groups is 1. The average Bonchev–Trinajstić information content (AvgIpc) is 2.99. The Morgan fingerprint density at radius 2 is 1.67 bits per heavy atom. The summed E-state index contributed by atoms with van der Waals surface area (Å²) in [6, 6.07) is 18.6. The molecule has 0 aromatic heterocycles. The minimum absolute atomic E-state index is 0.0182. The minimum Gasteiger partial charge on any atom is -0.497 e. The third-order valence-electron chi connectivity index (χ3n) is 6.63. The van der Waals surface area contributed by atoms with Gasteiger partial charge in [0.2, 0.25) is 21.8 Å². The second-order valence-electron chi connectivity index (χ2n) is 9.75. The molecule has 2 amide bonds. The predicted octanol–water partition coefficient (Wildman–Crippen LogP) is 3.54. The van der Waals surface area contributed by atoms with E-state index >= 15 is 0 Å². The van der Waals surface area contributed by atoms with E-state index in [0.717, 1.165) is 22.2 Å². The molecule has 3 aromatic rings. The number of rotatable bonds is 15. The molecular weight excluding hydrogens is 576 g/mol. The molecule has 0 aliphatic rings. The molecule has 1 atom stereocenters. The molecule has 3 rings (SSSR count). The number of nitrogens with zero attached hydrogens (tertiary/aromatic N) is 3. The Kier molecular flexibility index (Phi) is 11.5. The molecule has 0 radical (unpaired) electrons. The first kappa shape index (κ1) is 32.9. The molecule has 43 heavy (non-hydrogen) atoms. The number of methoxy groups -OCH3 is 2. The van der Waals surface area contributed by atoms with Crippen LogP contribution >= 0.6 is 0 Å². The largest absolute Gasteiger partial charge is 0.497 e. The van der Waals surface area contributed by atoms with Crippen LogP contribution in [-0.4, -0.2) is 69.7 Å². The van der Waals surface area contributed by atoms with Gasteiger partial charge in [-0.25, -0.2) is 8.42 Å². The highest BCUT2D eigenvalue weighted by Gasteiger charge is 2.34. The van der Waals surface area contributed by atoms with Crippen molar-refractivity contribution in [1.82, 2.24) is 10.2 Å². The quantitative estimate of drug-likeness (QED) is 0.202. The molecule has 0 heterocycles. The number of carbonyl (C=O) groups is 2. The Morgan fingerprint density at radius 1 is 0.977 bits per heavy atom. The van der Waals surface area contributed by atoms with Crippen molar-refractivity contribution >= 4 is 33.2 Å².